The first-order valence-corrected chi connectivity index (χ1v) is 10.9. The number of nitrogens with one attached hydrogen (secondary N) is 1. The maximum Gasteiger partial charge on any atom is 0.253 e. The fraction of sp³-hybridized carbons (Fsp3) is 0.250. The smallest absolute Gasteiger partial charge is 0.253 e. The SMILES string of the molecule is C=C(/C=C(\SCNc1ccc(C(=O)N(C)C)cc1)c1c(F)cc(C(C)(C)O)cc1F)C(N)=O. The Kier molecular flexibility index (Phi) is 8.40. The van der Waals surface area contributed by atoms with Crippen molar-refractivity contribution in [3.8, 4) is 0 Å². The summed E-state index contributed by atoms with van der Waals surface area (Å²) in [5, 5.41) is 13.2. The quantitative estimate of drug-likeness (QED) is 0.289. The molecule has 0 aliphatic carbocycles. The Balaban J connectivity index is 2.27. The van der Waals surface area contributed by atoms with Gasteiger partial charge in [-0.15, -0.1) is 11.8 Å². The molecule has 0 unspecified atom stereocenters. The number of amides is 2. The van der Waals surface area contributed by atoms with Gasteiger partial charge in [0.25, 0.3) is 5.91 Å². The van der Waals surface area contributed by atoms with E-state index in [1.165, 1.54) is 24.8 Å². The van der Waals surface area contributed by atoms with Crippen molar-refractivity contribution in [3.05, 3.63) is 83.0 Å². The first-order chi connectivity index (χ1) is 15.3. The van der Waals surface area contributed by atoms with E-state index in [1.807, 2.05) is 0 Å². The number of benzene rings is 2. The van der Waals surface area contributed by atoms with Gasteiger partial charge in [-0.05, 0) is 61.9 Å². The van der Waals surface area contributed by atoms with Crippen molar-refractivity contribution in [1.29, 1.82) is 0 Å². The minimum Gasteiger partial charge on any atom is -0.386 e. The van der Waals surface area contributed by atoms with Crippen LogP contribution in [-0.2, 0) is 10.4 Å². The molecule has 4 N–H and O–H groups in total. The molecular formula is C24H27F2N3O3S. The third kappa shape index (κ3) is 6.90. The van der Waals surface area contributed by atoms with Gasteiger partial charge in [0.1, 0.15) is 11.6 Å². The molecule has 0 spiro atoms. The Labute approximate surface area is 196 Å². The second-order valence-corrected chi connectivity index (χ2v) is 9.03. The van der Waals surface area contributed by atoms with Crippen LogP contribution in [0.3, 0.4) is 0 Å². The average Bonchev–Trinajstić information content (AvgIpc) is 2.72. The van der Waals surface area contributed by atoms with Crippen LogP contribution in [0.15, 0.2) is 54.6 Å². The van der Waals surface area contributed by atoms with Crippen molar-refractivity contribution >= 4 is 34.2 Å². The van der Waals surface area contributed by atoms with E-state index >= 15 is 0 Å². The van der Waals surface area contributed by atoms with Crippen LogP contribution in [0.4, 0.5) is 14.5 Å². The minimum absolute atomic E-state index is 0.0739. The van der Waals surface area contributed by atoms with Crippen molar-refractivity contribution in [2.75, 3.05) is 25.3 Å². The number of carbonyl (C=O) groups is 2. The molecule has 33 heavy (non-hydrogen) atoms. The summed E-state index contributed by atoms with van der Waals surface area (Å²) in [7, 11) is 3.32. The fourth-order valence-corrected chi connectivity index (χ4v) is 3.72. The minimum atomic E-state index is -1.43. The van der Waals surface area contributed by atoms with E-state index in [1.54, 1.807) is 38.4 Å². The topological polar surface area (TPSA) is 95.7 Å². The molecule has 2 rings (SSSR count). The molecule has 0 saturated heterocycles. The number of hydrogen-bond acceptors (Lipinski definition) is 5. The molecule has 0 radical (unpaired) electrons. The van der Waals surface area contributed by atoms with Crippen molar-refractivity contribution < 1.29 is 23.5 Å². The molecule has 2 aromatic rings. The number of halogens is 2. The molecule has 0 heterocycles. The number of carbonyl (C=O) groups excluding carboxylic acids is 2. The van der Waals surface area contributed by atoms with E-state index in [9.17, 15) is 23.5 Å². The van der Waals surface area contributed by atoms with Gasteiger partial charge in [-0.1, -0.05) is 6.58 Å². The van der Waals surface area contributed by atoms with Gasteiger partial charge in [0.2, 0.25) is 5.91 Å². The Morgan fingerprint density at radius 3 is 2.18 bits per heavy atom. The number of aliphatic hydroxyl groups is 1. The highest BCUT2D eigenvalue weighted by Gasteiger charge is 2.23. The molecule has 2 aromatic carbocycles. The predicted molar refractivity (Wildman–Crippen MR) is 128 cm³/mol. The summed E-state index contributed by atoms with van der Waals surface area (Å²) in [6, 6.07) is 8.84. The third-order valence-corrected chi connectivity index (χ3v) is 5.58. The molecule has 0 saturated carbocycles. The monoisotopic (exact) mass is 475 g/mol. The van der Waals surface area contributed by atoms with E-state index in [0.717, 1.165) is 23.9 Å². The number of hydrogen-bond donors (Lipinski definition) is 3. The molecular weight excluding hydrogens is 448 g/mol. The lowest BCUT2D eigenvalue weighted by Gasteiger charge is -2.20. The summed E-state index contributed by atoms with van der Waals surface area (Å²) >= 11 is 1.04. The molecule has 0 fully saturated rings. The maximum atomic E-state index is 14.9. The zero-order valence-corrected chi connectivity index (χ0v) is 19.7. The van der Waals surface area contributed by atoms with Crippen molar-refractivity contribution in [1.82, 2.24) is 4.90 Å². The lowest BCUT2D eigenvalue weighted by Crippen LogP contribution is -2.21. The van der Waals surface area contributed by atoms with Crippen LogP contribution in [0, 0.1) is 11.6 Å². The summed E-state index contributed by atoms with van der Waals surface area (Å²) in [5.74, 6) is -2.56. The second-order valence-electron chi connectivity index (χ2n) is 8.01. The molecule has 0 aliphatic rings. The van der Waals surface area contributed by atoms with E-state index in [4.69, 9.17) is 5.73 Å². The number of nitrogens with zero attached hydrogens (tertiary/aromatic N) is 1. The van der Waals surface area contributed by atoms with Gasteiger partial charge in [-0.25, -0.2) is 8.78 Å². The molecule has 9 heteroatoms. The first kappa shape index (κ1) is 26.1. The van der Waals surface area contributed by atoms with Gasteiger partial charge in [-0.2, -0.15) is 0 Å². The number of rotatable bonds is 9. The largest absolute Gasteiger partial charge is 0.386 e. The highest BCUT2D eigenvalue weighted by molar-refractivity contribution is 8.08. The van der Waals surface area contributed by atoms with E-state index in [2.05, 4.69) is 11.9 Å². The Morgan fingerprint density at radius 1 is 1.18 bits per heavy atom. The van der Waals surface area contributed by atoms with Crippen LogP contribution in [-0.4, -0.2) is 41.8 Å². The Hall–Kier alpha value is -3.17. The highest BCUT2D eigenvalue weighted by Crippen LogP contribution is 2.35. The zero-order chi connectivity index (χ0) is 24.9. The molecule has 0 aliphatic heterocycles. The van der Waals surface area contributed by atoms with Crippen LogP contribution < -0.4 is 11.1 Å². The fourth-order valence-electron chi connectivity index (χ4n) is 2.76. The number of primary amides is 1. The predicted octanol–water partition coefficient (Wildman–Crippen LogP) is 4.08. The first-order valence-electron chi connectivity index (χ1n) is 9.92. The number of nitrogens with two attached hydrogens (primary N) is 1. The van der Waals surface area contributed by atoms with Gasteiger partial charge in [0.05, 0.1) is 17.0 Å². The van der Waals surface area contributed by atoms with Crippen LogP contribution in [0.2, 0.25) is 0 Å². The van der Waals surface area contributed by atoms with Crippen LogP contribution in [0.1, 0.15) is 35.3 Å². The summed E-state index contributed by atoms with van der Waals surface area (Å²) in [5.41, 5.74) is 4.61. The van der Waals surface area contributed by atoms with Gasteiger partial charge in [0.15, 0.2) is 0 Å². The maximum absolute atomic E-state index is 14.9. The van der Waals surface area contributed by atoms with Crippen molar-refractivity contribution in [2.45, 2.75) is 19.4 Å². The number of anilines is 1. The van der Waals surface area contributed by atoms with E-state index < -0.39 is 23.1 Å². The van der Waals surface area contributed by atoms with Gasteiger partial charge in [-0.3, -0.25) is 9.59 Å². The summed E-state index contributed by atoms with van der Waals surface area (Å²) in [6.07, 6.45) is 1.22. The standard InChI is InChI=1S/C24H27F2N3O3S/c1-14(22(27)30)10-20(21-18(25)11-16(12-19(21)26)24(2,3)32)33-13-28-17-8-6-15(7-9-17)23(31)29(4)5/h6-12,28,32H,1,13H2,2-5H3,(H2,27,30)/b20-10-. The van der Waals surface area contributed by atoms with E-state index in [-0.39, 0.29) is 33.4 Å². The molecule has 0 bridgehead atoms. The summed E-state index contributed by atoms with van der Waals surface area (Å²) in [6.45, 7) is 6.38. The Bertz CT molecular complexity index is 1070. The van der Waals surface area contributed by atoms with E-state index in [0.29, 0.717) is 11.3 Å². The number of thioether (sulfide) groups is 1. The average molecular weight is 476 g/mol. The molecule has 6 nitrogen and oxygen atoms in total. The van der Waals surface area contributed by atoms with Crippen molar-refractivity contribution in [2.24, 2.45) is 5.73 Å². The van der Waals surface area contributed by atoms with Crippen LogP contribution >= 0.6 is 11.8 Å². The lowest BCUT2D eigenvalue weighted by molar-refractivity contribution is -0.114. The molecule has 176 valence electrons. The van der Waals surface area contributed by atoms with Gasteiger partial charge < -0.3 is 21.1 Å². The highest BCUT2D eigenvalue weighted by atomic mass is 32.2. The Morgan fingerprint density at radius 2 is 1.73 bits per heavy atom. The third-order valence-electron chi connectivity index (χ3n) is 4.66. The summed E-state index contributed by atoms with van der Waals surface area (Å²) < 4.78 is 29.7. The lowest BCUT2D eigenvalue weighted by atomic mass is 9.96. The molecule has 2 amide bonds. The second kappa shape index (κ2) is 10.6. The van der Waals surface area contributed by atoms with Crippen LogP contribution in [0.25, 0.3) is 4.91 Å². The molecule has 0 aromatic heterocycles. The normalized spacial score (nSPS) is 11.8. The van der Waals surface area contributed by atoms with Crippen molar-refractivity contribution in [3.63, 3.8) is 0 Å². The van der Waals surface area contributed by atoms with Gasteiger partial charge in [0, 0.05) is 35.8 Å². The van der Waals surface area contributed by atoms with Crippen LogP contribution in [0.5, 0.6) is 0 Å². The molecule has 0 atom stereocenters. The van der Waals surface area contributed by atoms with Gasteiger partial charge >= 0.3 is 0 Å². The zero-order valence-electron chi connectivity index (χ0n) is 18.9. The summed E-state index contributed by atoms with van der Waals surface area (Å²) in [4.78, 5) is 25.0.